The normalized spacial score (nSPS) is 16.5. The van der Waals surface area contributed by atoms with Gasteiger partial charge in [0, 0.05) is 43.5 Å². The molecule has 4 heterocycles. The molecular weight excluding hydrogens is 356 g/mol. The van der Waals surface area contributed by atoms with Gasteiger partial charge < -0.3 is 9.32 Å². The van der Waals surface area contributed by atoms with Crippen LogP contribution < -0.4 is 0 Å². The molecule has 0 atom stereocenters. The number of hydrogen-bond donors (Lipinski definition) is 0. The van der Waals surface area contributed by atoms with Gasteiger partial charge in [0.25, 0.3) is 5.91 Å². The molecule has 1 aliphatic carbocycles. The Balaban J connectivity index is 1.50. The molecule has 1 fully saturated rings. The third-order valence-electron chi connectivity index (χ3n) is 5.95. The lowest BCUT2D eigenvalue weighted by atomic mass is 10.0. The molecule has 0 radical (unpaired) electrons. The molecule has 3 aromatic rings. The van der Waals surface area contributed by atoms with Crippen LogP contribution in [0.3, 0.4) is 0 Å². The van der Waals surface area contributed by atoms with Crippen molar-refractivity contribution in [2.75, 3.05) is 6.54 Å². The average Bonchev–Trinajstić information content (AvgIpc) is 3.09. The van der Waals surface area contributed by atoms with Crippen LogP contribution in [0.2, 0.25) is 0 Å². The van der Waals surface area contributed by atoms with Gasteiger partial charge >= 0.3 is 0 Å². The van der Waals surface area contributed by atoms with Crippen molar-refractivity contribution < 1.29 is 9.21 Å². The minimum atomic E-state index is 0.0368. The molecule has 1 amide bonds. The van der Waals surface area contributed by atoms with Crippen LogP contribution in [-0.4, -0.2) is 41.9 Å². The molecule has 5 rings (SSSR count). The van der Waals surface area contributed by atoms with Crippen LogP contribution in [-0.2, 0) is 26.6 Å². The zero-order chi connectivity index (χ0) is 19.4. The van der Waals surface area contributed by atoms with Gasteiger partial charge in [0.15, 0.2) is 6.39 Å². The van der Waals surface area contributed by atoms with Crippen LogP contribution in [0.25, 0.3) is 11.4 Å². The molecule has 0 bridgehead atoms. The van der Waals surface area contributed by atoms with Crippen molar-refractivity contribution >= 4 is 5.91 Å². The fourth-order valence-corrected chi connectivity index (χ4v) is 4.14. The van der Waals surface area contributed by atoms with Crippen LogP contribution in [0.1, 0.15) is 45.8 Å². The van der Waals surface area contributed by atoms with Gasteiger partial charge in [-0.25, -0.2) is 4.98 Å². The van der Waals surface area contributed by atoms with E-state index in [1.54, 1.807) is 10.9 Å². The van der Waals surface area contributed by atoms with E-state index in [4.69, 9.17) is 9.52 Å². The van der Waals surface area contributed by atoms with Crippen LogP contribution in [0.4, 0.5) is 0 Å². The second kappa shape index (κ2) is 6.32. The minimum Gasteiger partial charge on any atom is -0.451 e. The van der Waals surface area contributed by atoms with Crippen molar-refractivity contribution in [3.05, 3.63) is 40.9 Å². The van der Waals surface area contributed by atoms with Gasteiger partial charge in [-0.2, -0.15) is 10.2 Å². The number of nitrogens with zero attached hydrogens (tertiary/aromatic N) is 6. The van der Waals surface area contributed by atoms with Gasteiger partial charge in [-0.15, -0.1) is 0 Å². The predicted octanol–water partition coefficient (Wildman–Crippen LogP) is 2.50. The summed E-state index contributed by atoms with van der Waals surface area (Å²) < 4.78 is 9.10. The molecule has 0 aromatic carbocycles. The SMILES string of the molecule is Cc1nn(C)c(C)c1C(=O)N1CCc2c(c(-c3cocn3)nn2CC2CC2)C1. The maximum Gasteiger partial charge on any atom is 0.257 e. The zero-order valence-electron chi connectivity index (χ0n) is 16.5. The molecule has 0 saturated heterocycles. The highest BCUT2D eigenvalue weighted by Crippen LogP contribution is 2.35. The van der Waals surface area contributed by atoms with Crippen molar-refractivity contribution in [3.8, 4) is 11.4 Å². The van der Waals surface area contributed by atoms with Crippen LogP contribution in [0.5, 0.6) is 0 Å². The molecule has 2 aliphatic rings. The quantitative estimate of drug-likeness (QED) is 0.695. The van der Waals surface area contributed by atoms with Gasteiger partial charge in [0.2, 0.25) is 0 Å². The molecule has 8 nitrogen and oxygen atoms in total. The van der Waals surface area contributed by atoms with Gasteiger partial charge in [0.1, 0.15) is 17.7 Å². The van der Waals surface area contributed by atoms with E-state index in [0.29, 0.717) is 18.7 Å². The topological polar surface area (TPSA) is 82.0 Å². The fraction of sp³-hybridized carbons (Fsp3) is 0.500. The molecule has 1 aliphatic heterocycles. The molecule has 3 aromatic heterocycles. The summed E-state index contributed by atoms with van der Waals surface area (Å²) in [5.74, 6) is 0.768. The summed E-state index contributed by atoms with van der Waals surface area (Å²) in [7, 11) is 1.87. The molecule has 28 heavy (non-hydrogen) atoms. The van der Waals surface area contributed by atoms with Gasteiger partial charge in [0.05, 0.1) is 17.8 Å². The average molecular weight is 380 g/mol. The van der Waals surface area contributed by atoms with E-state index in [2.05, 4.69) is 14.8 Å². The Kier molecular flexibility index (Phi) is 3.89. The van der Waals surface area contributed by atoms with Gasteiger partial charge in [-0.1, -0.05) is 0 Å². The Hall–Kier alpha value is -2.90. The first-order chi connectivity index (χ1) is 13.5. The summed E-state index contributed by atoms with van der Waals surface area (Å²) in [5.41, 5.74) is 6.27. The first-order valence-corrected chi connectivity index (χ1v) is 9.79. The van der Waals surface area contributed by atoms with Crippen molar-refractivity contribution in [3.63, 3.8) is 0 Å². The molecule has 0 unspecified atom stereocenters. The van der Waals surface area contributed by atoms with Gasteiger partial charge in [-0.05, 0) is 32.6 Å². The lowest BCUT2D eigenvalue weighted by Crippen LogP contribution is -2.37. The summed E-state index contributed by atoms with van der Waals surface area (Å²) in [6, 6.07) is 0. The van der Waals surface area contributed by atoms with E-state index < -0.39 is 0 Å². The second-order valence-corrected chi connectivity index (χ2v) is 7.92. The highest BCUT2D eigenvalue weighted by Gasteiger charge is 2.33. The number of fused-ring (bicyclic) bond motifs is 1. The Morgan fingerprint density at radius 3 is 2.75 bits per heavy atom. The highest BCUT2D eigenvalue weighted by molar-refractivity contribution is 5.96. The number of oxazole rings is 1. The number of aromatic nitrogens is 5. The van der Waals surface area contributed by atoms with E-state index >= 15 is 0 Å². The van der Waals surface area contributed by atoms with Crippen LogP contribution in [0, 0.1) is 19.8 Å². The molecule has 0 spiro atoms. The maximum atomic E-state index is 13.3. The van der Waals surface area contributed by atoms with Crippen LogP contribution in [0.15, 0.2) is 17.1 Å². The number of hydrogen-bond acceptors (Lipinski definition) is 5. The van der Waals surface area contributed by atoms with Gasteiger partial charge in [-0.3, -0.25) is 14.2 Å². The third kappa shape index (κ3) is 2.75. The first-order valence-electron chi connectivity index (χ1n) is 9.79. The van der Waals surface area contributed by atoms with E-state index in [1.165, 1.54) is 24.9 Å². The molecule has 146 valence electrons. The fourth-order valence-electron chi connectivity index (χ4n) is 4.14. The van der Waals surface area contributed by atoms with Crippen molar-refractivity contribution in [2.24, 2.45) is 13.0 Å². The number of carbonyl (C=O) groups is 1. The zero-order valence-corrected chi connectivity index (χ0v) is 16.5. The largest absolute Gasteiger partial charge is 0.451 e. The highest BCUT2D eigenvalue weighted by atomic mass is 16.3. The predicted molar refractivity (Wildman–Crippen MR) is 102 cm³/mol. The molecule has 0 N–H and O–H groups in total. The monoisotopic (exact) mass is 380 g/mol. The number of carbonyl (C=O) groups excluding carboxylic acids is 1. The summed E-state index contributed by atoms with van der Waals surface area (Å²) in [5, 5.41) is 9.26. The first kappa shape index (κ1) is 17.2. The number of rotatable bonds is 4. The van der Waals surface area contributed by atoms with Crippen molar-refractivity contribution in [1.29, 1.82) is 0 Å². The van der Waals surface area contributed by atoms with E-state index in [9.17, 15) is 4.79 Å². The van der Waals surface area contributed by atoms with E-state index in [0.717, 1.165) is 47.2 Å². The summed E-state index contributed by atoms with van der Waals surface area (Å²) in [6.07, 6.45) is 6.41. The van der Waals surface area contributed by atoms with Crippen molar-refractivity contribution in [1.82, 2.24) is 29.4 Å². The Labute approximate surface area is 163 Å². The van der Waals surface area contributed by atoms with Crippen molar-refractivity contribution in [2.45, 2.75) is 46.2 Å². The smallest absolute Gasteiger partial charge is 0.257 e. The molecule has 1 saturated carbocycles. The Bertz CT molecular complexity index is 1040. The Morgan fingerprint density at radius 1 is 1.29 bits per heavy atom. The summed E-state index contributed by atoms with van der Waals surface area (Å²) >= 11 is 0. The number of aryl methyl sites for hydroxylation is 2. The number of amides is 1. The standard InChI is InChI=1S/C20H24N6O2/c1-12-18(13(2)24(3)22-12)20(27)25-7-6-17-15(9-25)19(16-10-28-11-21-16)23-26(17)8-14-4-5-14/h10-11,14H,4-9H2,1-3H3. The summed E-state index contributed by atoms with van der Waals surface area (Å²) in [4.78, 5) is 19.5. The summed E-state index contributed by atoms with van der Waals surface area (Å²) in [6.45, 7) is 6.01. The third-order valence-corrected chi connectivity index (χ3v) is 5.95. The lowest BCUT2D eigenvalue weighted by molar-refractivity contribution is 0.0732. The van der Waals surface area contributed by atoms with E-state index in [-0.39, 0.29) is 5.91 Å². The minimum absolute atomic E-state index is 0.0368. The van der Waals surface area contributed by atoms with Crippen LogP contribution >= 0.6 is 0 Å². The molecule has 8 heteroatoms. The Morgan fingerprint density at radius 2 is 2.11 bits per heavy atom. The second-order valence-electron chi connectivity index (χ2n) is 7.92. The lowest BCUT2D eigenvalue weighted by Gasteiger charge is -2.28. The maximum absolute atomic E-state index is 13.3. The van der Waals surface area contributed by atoms with E-state index in [1.807, 2.05) is 25.8 Å². The molecular formula is C20H24N6O2.